The Morgan fingerprint density at radius 2 is 1.74 bits per heavy atom. The maximum absolute atomic E-state index is 13.7. The van der Waals surface area contributed by atoms with Crippen LogP contribution in [0.1, 0.15) is 16.8 Å². The zero-order chi connectivity index (χ0) is 23.2. The van der Waals surface area contributed by atoms with Crippen LogP contribution in [0.5, 0.6) is 5.75 Å². The molecular weight excluding hydrogens is 496 g/mol. The maximum atomic E-state index is 13.7. The van der Waals surface area contributed by atoms with E-state index in [0.717, 1.165) is 12.1 Å². The third-order valence-electron chi connectivity index (χ3n) is 3.90. The average Bonchev–Trinajstić information content (AvgIpc) is 2.73. The lowest BCUT2D eigenvalue weighted by Gasteiger charge is -2.19. The topological polar surface area (TPSA) is 103 Å². The van der Waals surface area contributed by atoms with Crippen LogP contribution in [0.3, 0.4) is 0 Å². The van der Waals surface area contributed by atoms with Gasteiger partial charge in [0, 0.05) is 12.6 Å². The largest absolute Gasteiger partial charge is 0.497 e. The number of methoxy groups -OCH3 is 1. The minimum atomic E-state index is -4.53. The maximum Gasteiger partial charge on any atom is 0.338 e. The highest BCUT2D eigenvalue weighted by Gasteiger charge is 2.28. The number of hydrogen-bond acceptors (Lipinski definition) is 7. The second kappa shape index (κ2) is 11.1. The number of hydrogen-bond donors (Lipinski definition) is 1. The van der Waals surface area contributed by atoms with Crippen molar-refractivity contribution in [3.63, 3.8) is 0 Å². The van der Waals surface area contributed by atoms with Crippen LogP contribution < -0.4 is 4.74 Å². The fraction of sp³-hybridized carbons (Fsp3) is 0.263. The van der Waals surface area contributed by atoms with Crippen molar-refractivity contribution in [1.29, 1.82) is 5.41 Å². The number of halogens is 4. The van der Waals surface area contributed by atoms with Crippen LogP contribution in [-0.2, 0) is 19.0 Å². The first-order valence-electron chi connectivity index (χ1n) is 8.61. The number of nitrogens with one attached hydrogen (secondary N) is 1. The van der Waals surface area contributed by atoms with Gasteiger partial charge in [-0.2, -0.15) is 8.42 Å². The molecule has 0 unspecified atom stereocenters. The molecule has 0 saturated heterocycles. The summed E-state index contributed by atoms with van der Waals surface area (Å²) in [6.45, 7) is -0.600. The monoisotopic (exact) mass is 511 g/mol. The van der Waals surface area contributed by atoms with E-state index in [1.807, 2.05) is 0 Å². The summed E-state index contributed by atoms with van der Waals surface area (Å²) in [6.07, 6.45) is -3.35. The molecule has 0 bridgehead atoms. The lowest BCUT2D eigenvalue weighted by molar-refractivity contribution is 0.0283. The van der Waals surface area contributed by atoms with Crippen LogP contribution >= 0.6 is 34.8 Å². The van der Waals surface area contributed by atoms with E-state index in [9.17, 15) is 17.6 Å². The van der Waals surface area contributed by atoms with Crippen molar-refractivity contribution >= 4 is 57.1 Å². The number of carbonyl (C=O) groups is 1. The number of benzene rings is 2. The van der Waals surface area contributed by atoms with Gasteiger partial charge in [-0.3, -0.25) is 4.18 Å². The van der Waals surface area contributed by atoms with Crippen LogP contribution in [0.25, 0.3) is 0 Å². The van der Waals surface area contributed by atoms with Gasteiger partial charge in [0.05, 0.1) is 27.7 Å². The first-order chi connectivity index (χ1) is 14.6. The number of esters is 1. The molecule has 0 aromatic heterocycles. The number of rotatable bonds is 10. The molecule has 2 rings (SSSR count). The van der Waals surface area contributed by atoms with Crippen molar-refractivity contribution < 1.29 is 31.3 Å². The van der Waals surface area contributed by atoms with E-state index < -0.39 is 46.3 Å². The second-order valence-electron chi connectivity index (χ2n) is 6.11. The molecule has 2 aromatic carbocycles. The van der Waals surface area contributed by atoms with Gasteiger partial charge in [0.15, 0.2) is 0 Å². The number of carbonyl (C=O) groups excluding carboxylic acids is 1. The van der Waals surface area contributed by atoms with E-state index in [1.54, 1.807) is 0 Å². The lowest BCUT2D eigenvalue weighted by Crippen LogP contribution is -2.29. The molecule has 0 aliphatic carbocycles. The van der Waals surface area contributed by atoms with Gasteiger partial charge < -0.3 is 14.9 Å². The fourth-order valence-electron chi connectivity index (χ4n) is 2.36. The van der Waals surface area contributed by atoms with E-state index in [0.29, 0.717) is 12.0 Å². The molecule has 0 amide bonds. The highest BCUT2D eigenvalue weighted by Crippen LogP contribution is 2.33. The van der Waals surface area contributed by atoms with Gasteiger partial charge in [-0.1, -0.05) is 34.8 Å². The van der Waals surface area contributed by atoms with Gasteiger partial charge in [0.25, 0.3) is 10.1 Å². The summed E-state index contributed by atoms with van der Waals surface area (Å²) in [5.74, 6) is -0.264. The van der Waals surface area contributed by atoms with E-state index in [1.165, 1.54) is 31.4 Å². The molecule has 0 aliphatic heterocycles. The zero-order valence-corrected chi connectivity index (χ0v) is 19.1. The molecule has 0 fully saturated rings. The highest BCUT2D eigenvalue weighted by molar-refractivity contribution is 7.87. The normalized spacial score (nSPS) is 13.3. The summed E-state index contributed by atoms with van der Waals surface area (Å²) in [5, 5.41) is 6.68. The average molecular weight is 513 g/mol. The molecule has 168 valence electrons. The SMILES string of the molecule is COc1ccc(C(=O)OC[C@H](C[C@H](F)C=N)OS(=O)(=O)c2cc(Cl)c(Cl)cc2Cl)cc1. The van der Waals surface area contributed by atoms with Gasteiger partial charge in [-0.05, 0) is 36.4 Å². The Labute approximate surface area is 193 Å². The van der Waals surface area contributed by atoms with Crippen LogP contribution in [0.15, 0.2) is 41.3 Å². The summed E-state index contributed by atoms with van der Waals surface area (Å²) in [7, 11) is -3.06. The van der Waals surface area contributed by atoms with Crippen molar-refractivity contribution in [2.75, 3.05) is 13.7 Å². The third-order valence-corrected chi connectivity index (χ3v) is 6.45. The van der Waals surface area contributed by atoms with E-state index >= 15 is 0 Å². The Morgan fingerprint density at radius 1 is 1.13 bits per heavy atom. The van der Waals surface area contributed by atoms with Crippen molar-refractivity contribution in [1.82, 2.24) is 0 Å². The quantitative estimate of drug-likeness (QED) is 0.209. The van der Waals surface area contributed by atoms with Gasteiger partial charge in [0.1, 0.15) is 29.5 Å². The van der Waals surface area contributed by atoms with E-state index in [-0.39, 0.29) is 20.6 Å². The van der Waals surface area contributed by atoms with Gasteiger partial charge in [-0.15, -0.1) is 0 Å². The molecule has 7 nitrogen and oxygen atoms in total. The summed E-state index contributed by atoms with van der Waals surface area (Å²) < 4.78 is 54.1. The van der Waals surface area contributed by atoms with E-state index in [4.69, 9.17) is 53.9 Å². The summed E-state index contributed by atoms with van der Waals surface area (Å²) in [5.41, 5.74) is 0.166. The minimum Gasteiger partial charge on any atom is -0.497 e. The Bertz CT molecular complexity index is 1050. The summed E-state index contributed by atoms with van der Waals surface area (Å²) >= 11 is 17.6. The van der Waals surface area contributed by atoms with Crippen LogP contribution in [0.2, 0.25) is 15.1 Å². The molecule has 31 heavy (non-hydrogen) atoms. The lowest BCUT2D eigenvalue weighted by atomic mass is 10.2. The van der Waals surface area contributed by atoms with Crippen LogP contribution in [-0.4, -0.2) is 46.6 Å². The molecule has 0 spiro atoms. The Hall–Kier alpha value is -1.91. The predicted octanol–water partition coefficient (Wildman–Crippen LogP) is 4.96. The first kappa shape index (κ1) is 25.4. The van der Waals surface area contributed by atoms with Crippen molar-refractivity contribution in [3.05, 3.63) is 57.0 Å². The Kier molecular flexibility index (Phi) is 9.08. The number of ether oxygens (including phenoxy) is 2. The first-order valence-corrected chi connectivity index (χ1v) is 11.1. The van der Waals surface area contributed by atoms with Gasteiger partial charge in [-0.25, -0.2) is 9.18 Å². The Balaban J connectivity index is 2.18. The van der Waals surface area contributed by atoms with E-state index in [2.05, 4.69) is 0 Å². The van der Waals surface area contributed by atoms with Gasteiger partial charge in [0.2, 0.25) is 0 Å². The molecule has 12 heteroatoms. The molecule has 1 N–H and O–H groups in total. The van der Waals surface area contributed by atoms with Crippen molar-refractivity contribution in [2.24, 2.45) is 0 Å². The molecular formula is C19H17Cl3FNO6S. The van der Waals surface area contributed by atoms with Crippen molar-refractivity contribution in [2.45, 2.75) is 23.6 Å². The highest BCUT2D eigenvalue weighted by atomic mass is 35.5. The Morgan fingerprint density at radius 3 is 2.32 bits per heavy atom. The summed E-state index contributed by atoms with van der Waals surface area (Å²) in [4.78, 5) is 11.7. The smallest absolute Gasteiger partial charge is 0.338 e. The standard InChI is InChI=1S/C19H17Cl3FNO6S/c1-28-13-4-2-11(3-5-13)19(25)29-10-14(6-12(23)9-24)30-31(26,27)18-8-16(21)15(20)7-17(18)22/h2-5,7-9,12,14,24H,6,10H2,1H3/t12-,14-/m0/s1. The summed E-state index contributed by atoms with van der Waals surface area (Å²) in [6, 6.07) is 8.07. The van der Waals surface area contributed by atoms with Crippen LogP contribution in [0, 0.1) is 5.41 Å². The van der Waals surface area contributed by atoms with Crippen LogP contribution in [0.4, 0.5) is 4.39 Å². The molecule has 0 radical (unpaired) electrons. The minimum absolute atomic E-state index is 0.0308. The number of alkyl halides is 1. The van der Waals surface area contributed by atoms with Crippen molar-refractivity contribution in [3.8, 4) is 5.75 Å². The fourth-order valence-corrected chi connectivity index (χ4v) is 4.41. The molecule has 0 heterocycles. The third kappa shape index (κ3) is 7.05. The predicted molar refractivity (Wildman–Crippen MR) is 115 cm³/mol. The molecule has 2 atom stereocenters. The second-order valence-corrected chi connectivity index (χ2v) is 8.88. The molecule has 2 aromatic rings. The molecule has 0 saturated carbocycles. The van der Waals surface area contributed by atoms with Gasteiger partial charge >= 0.3 is 5.97 Å². The molecule has 0 aliphatic rings. The zero-order valence-electron chi connectivity index (χ0n) is 16.0.